The molecule has 1 amide bonds. The van der Waals surface area contributed by atoms with Gasteiger partial charge in [0.05, 0.1) is 0 Å². The molecule has 0 bridgehead atoms. The second kappa shape index (κ2) is 6.54. The van der Waals surface area contributed by atoms with Crippen LogP contribution in [-0.4, -0.2) is 73.1 Å². The molecule has 0 aromatic rings. The SMILES string of the molecule is CN1CCN(C)C(CNC(=O)C(C(=O)O)C(C)(C)C)C1. The summed E-state index contributed by atoms with van der Waals surface area (Å²) in [5.74, 6) is -2.48. The smallest absolute Gasteiger partial charge is 0.316 e. The van der Waals surface area contributed by atoms with Crippen molar-refractivity contribution in [1.82, 2.24) is 15.1 Å². The molecule has 1 aliphatic rings. The van der Waals surface area contributed by atoms with E-state index in [1.165, 1.54) is 0 Å². The van der Waals surface area contributed by atoms with Crippen molar-refractivity contribution in [2.45, 2.75) is 26.8 Å². The average molecular weight is 285 g/mol. The van der Waals surface area contributed by atoms with Gasteiger partial charge in [0.2, 0.25) is 5.91 Å². The molecular weight excluding hydrogens is 258 g/mol. The van der Waals surface area contributed by atoms with Crippen LogP contribution in [0.1, 0.15) is 20.8 Å². The number of nitrogens with one attached hydrogen (secondary N) is 1. The molecule has 2 atom stereocenters. The lowest BCUT2D eigenvalue weighted by Gasteiger charge is -2.38. The predicted octanol–water partition coefficient (Wildman–Crippen LogP) is 0.0953. The van der Waals surface area contributed by atoms with Gasteiger partial charge in [0, 0.05) is 32.2 Å². The molecule has 1 aliphatic heterocycles. The normalized spacial score (nSPS) is 23.4. The highest BCUT2D eigenvalue weighted by Gasteiger charge is 2.38. The van der Waals surface area contributed by atoms with E-state index in [-0.39, 0.29) is 6.04 Å². The van der Waals surface area contributed by atoms with E-state index in [9.17, 15) is 14.7 Å². The number of carbonyl (C=O) groups is 2. The Balaban J connectivity index is 2.59. The van der Waals surface area contributed by atoms with E-state index < -0.39 is 23.2 Å². The second-order valence-electron chi connectivity index (χ2n) is 6.78. The van der Waals surface area contributed by atoms with Gasteiger partial charge >= 0.3 is 5.97 Å². The van der Waals surface area contributed by atoms with Gasteiger partial charge in [-0.25, -0.2) is 0 Å². The molecule has 20 heavy (non-hydrogen) atoms. The van der Waals surface area contributed by atoms with E-state index in [0.717, 1.165) is 19.6 Å². The lowest BCUT2D eigenvalue weighted by molar-refractivity contribution is -0.151. The van der Waals surface area contributed by atoms with E-state index >= 15 is 0 Å². The molecule has 6 heteroatoms. The van der Waals surface area contributed by atoms with Crippen LogP contribution in [0.3, 0.4) is 0 Å². The van der Waals surface area contributed by atoms with Gasteiger partial charge in [-0.05, 0) is 19.5 Å². The number of rotatable bonds is 4. The monoisotopic (exact) mass is 285 g/mol. The lowest BCUT2D eigenvalue weighted by Crippen LogP contribution is -2.55. The van der Waals surface area contributed by atoms with Crippen molar-refractivity contribution in [3.05, 3.63) is 0 Å². The van der Waals surface area contributed by atoms with Crippen LogP contribution >= 0.6 is 0 Å². The van der Waals surface area contributed by atoms with Crippen molar-refractivity contribution >= 4 is 11.9 Å². The summed E-state index contributed by atoms with van der Waals surface area (Å²) in [4.78, 5) is 27.8. The first-order valence-corrected chi connectivity index (χ1v) is 7.02. The number of nitrogens with zero attached hydrogens (tertiary/aromatic N) is 2. The number of carboxylic acids is 1. The van der Waals surface area contributed by atoms with Gasteiger partial charge in [-0.1, -0.05) is 20.8 Å². The predicted molar refractivity (Wildman–Crippen MR) is 77.5 cm³/mol. The lowest BCUT2D eigenvalue weighted by atomic mass is 9.80. The molecule has 0 saturated carbocycles. The topological polar surface area (TPSA) is 72.9 Å². The first-order valence-electron chi connectivity index (χ1n) is 7.02. The number of piperazine rings is 1. The molecule has 2 N–H and O–H groups in total. The van der Waals surface area contributed by atoms with Gasteiger partial charge in [-0.2, -0.15) is 0 Å². The molecule has 1 rings (SSSR count). The van der Waals surface area contributed by atoms with Crippen LogP contribution in [0.2, 0.25) is 0 Å². The number of likely N-dealkylation sites (N-methyl/N-ethyl adjacent to an activating group) is 2. The Morgan fingerprint density at radius 1 is 1.30 bits per heavy atom. The van der Waals surface area contributed by atoms with Crippen LogP contribution in [0.15, 0.2) is 0 Å². The number of hydrogen-bond donors (Lipinski definition) is 2. The van der Waals surface area contributed by atoms with Gasteiger partial charge in [0.15, 0.2) is 0 Å². The molecule has 1 saturated heterocycles. The molecule has 0 aromatic heterocycles. The number of aliphatic carboxylic acids is 1. The molecule has 0 aromatic carbocycles. The molecule has 6 nitrogen and oxygen atoms in total. The highest BCUT2D eigenvalue weighted by molar-refractivity contribution is 5.97. The number of amides is 1. The Bertz CT molecular complexity index is 365. The summed E-state index contributed by atoms with van der Waals surface area (Å²) in [6.45, 7) is 8.65. The zero-order valence-electron chi connectivity index (χ0n) is 13.1. The van der Waals surface area contributed by atoms with Crippen LogP contribution in [0.25, 0.3) is 0 Å². The number of carboxylic acid groups (broad SMARTS) is 1. The van der Waals surface area contributed by atoms with Gasteiger partial charge in [-0.3, -0.25) is 14.5 Å². The molecule has 0 aliphatic carbocycles. The fourth-order valence-electron chi connectivity index (χ4n) is 2.52. The van der Waals surface area contributed by atoms with Crippen LogP contribution in [0, 0.1) is 11.3 Å². The Hall–Kier alpha value is -1.14. The summed E-state index contributed by atoms with van der Waals surface area (Å²) >= 11 is 0. The zero-order chi connectivity index (χ0) is 15.5. The van der Waals surface area contributed by atoms with Gasteiger partial charge < -0.3 is 15.3 Å². The quantitative estimate of drug-likeness (QED) is 0.717. The summed E-state index contributed by atoms with van der Waals surface area (Å²) in [6.07, 6.45) is 0. The Labute approximate surface area is 121 Å². The Kier molecular flexibility index (Phi) is 5.53. The minimum atomic E-state index is -1.07. The van der Waals surface area contributed by atoms with Crippen LogP contribution in [-0.2, 0) is 9.59 Å². The first-order chi connectivity index (χ1) is 9.12. The van der Waals surface area contributed by atoms with Crippen molar-refractivity contribution in [1.29, 1.82) is 0 Å². The first kappa shape index (κ1) is 16.9. The summed E-state index contributed by atoms with van der Waals surface area (Å²) < 4.78 is 0. The summed E-state index contributed by atoms with van der Waals surface area (Å²) in [7, 11) is 4.08. The molecular formula is C14H27N3O3. The molecule has 1 heterocycles. The third-order valence-corrected chi connectivity index (χ3v) is 3.87. The van der Waals surface area contributed by atoms with E-state index in [0.29, 0.717) is 6.54 Å². The van der Waals surface area contributed by atoms with Gasteiger partial charge in [0.1, 0.15) is 5.92 Å². The van der Waals surface area contributed by atoms with E-state index in [1.54, 1.807) is 20.8 Å². The number of carbonyl (C=O) groups excluding carboxylic acids is 1. The minimum Gasteiger partial charge on any atom is -0.481 e. The van der Waals surface area contributed by atoms with Gasteiger partial charge in [0.25, 0.3) is 0 Å². The highest BCUT2D eigenvalue weighted by atomic mass is 16.4. The van der Waals surface area contributed by atoms with Crippen molar-refractivity contribution in [2.24, 2.45) is 11.3 Å². The standard InChI is InChI=1S/C14H27N3O3/c1-14(2,3)11(13(19)20)12(18)15-8-10-9-16(4)6-7-17(10)5/h10-11H,6-9H2,1-5H3,(H,15,18)(H,19,20). The largest absolute Gasteiger partial charge is 0.481 e. The Morgan fingerprint density at radius 3 is 2.40 bits per heavy atom. The highest BCUT2D eigenvalue weighted by Crippen LogP contribution is 2.26. The molecule has 2 unspecified atom stereocenters. The summed E-state index contributed by atoms with van der Waals surface area (Å²) in [5, 5.41) is 12.0. The van der Waals surface area contributed by atoms with Crippen LogP contribution in [0.5, 0.6) is 0 Å². The average Bonchev–Trinajstić information content (AvgIpc) is 2.28. The maximum atomic E-state index is 12.1. The van der Waals surface area contributed by atoms with E-state index in [4.69, 9.17) is 0 Å². The van der Waals surface area contributed by atoms with Crippen molar-refractivity contribution < 1.29 is 14.7 Å². The van der Waals surface area contributed by atoms with E-state index in [2.05, 4.69) is 22.2 Å². The fourth-order valence-corrected chi connectivity index (χ4v) is 2.52. The molecule has 0 radical (unpaired) electrons. The molecule has 1 fully saturated rings. The number of hydrogen-bond acceptors (Lipinski definition) is 4. The van der Waals surface area contributed by atoms with Crippen molar-refractivity contribution in [3.8, 4) is 0 Å². The van der Waals surface area contributed by atoms with Crippen LogP contribution < -0.4 is 5.32 Å². The van der Waals surface area contributed by atoms with Crippen molar-refractivity contribution in [3.63, 3.8) is 0 Å². The zero-order valence-corrected chi connectivity index (χ0v) is 13.1. The molecule has 116 valence electrons. The Morgan fingerprint density at radius 2 is 1.90 bits per heavy atom. The molecule has 0 spiro atoms. The third kappa shape index (κ3) is 4.45. The summed E-state index contributed by atoms with van der Waals surface area (Å²) in [6, 6.07) is 0.229. The summed E-state index contributed by atoms with van der Waals surface area (Å²) in [5.41, 5.74) is -0.592. The maximum absolute atomic E-state index is 12.1. The third-order valence-electron chi connectivity index (χ3n) is 3.87. The second-order valence-corrected chi connectivity index (χ2v) is 6.78. The maximum Gasteiger partial charge on any atom is 0.316 e. The minimum absolute atomic E-state index is 0.229. The van der Waals surface area contributed by atoms with Crippen molar-refractivity contribution in [2.75, 3.05) is 40.3 Å². The van der Waals surface area contributed by atoms with E-state index in [1.807, 2.05) is 7.05 Å². The van der Waals surface area contributed by atoms with Gasteiger partial charge in [-0.15, -0.1) is 0 Å². The van der Waals surface area contributed by atoms with Crippen LogP contribution in [0.4, 0.5) is 0 Å². The fraction of sp³-hybridized carbons (Fsp3) is 0.857.